The Hall–Kier alpha value is -2.51. The van der Waals surface area contributed by atoms with Gasteiger partial charge in [-0.1, -0.05) is 38.1 Å². The highest BCUT2D eigenvalue weighted by Gasteiger charge is 2.34. The summed E-state index contributed by atoms with van der Waals surface area (Å²) in [6.07, 6.45) is 8.14. The fourth-order valence-electron chi connectivity index (χ4n) is 2.70. The molecule has 3 rings (SSSR count). The Morgan fingerprint density at radius 3 is 2.88 bits per heavy atom. The number of carbonyl (C=O) groups excluding carboxylic acids is 1. The SMILES string of the molecule is CC(C)(C)C(NC(=O)C1CC=CCC1)c1nc(-c2ncn[nH]2)no1. The summed E-state index contributed by atoms with van der Waals surface area (Å²) in [5, 5.41) is 13.5. The molecule has 2 atom stereocenters. The summed E-state index contributed by atoms with van der Waals surface area (Å²) in [6, 6.07) is -0.375. The Morgan fingerprint density at radius 1 is 1.42 bits per heavy atom. The molecule has 0 fully saturated rings. The molecule has 1 aliphatic rings. The molecule has 2 unspecified atom stereocenters. The molecule has 8 heteroatoms. The van der Waals surface area contributed by atoms with Crippen LogP contribution in [-0.2, 0) is 4.79 Å². The zero-order valence-corrected chi connectivity index (χ0v) is 14.1. The van der Waals surface area contributed by atoms with Gasteiger partial charge in [0.05, 0.1) is 0 Å². The first-order valence-electron chi connectivity index (χ1n) is 8.10. The van der Waals surface area contributed by atoms with Crippen LogP contribution in [0.1, 0.15) is 52.0 Å². The van der Waals surface area contributed by atoms with Crippen molar-refractivity contribution in [1.29, 1.82) is 0 Å². The van der Waals surface area contributed by atoms with Crippen LogP contribution in [0.3, 0.4) is 0 Å². The van der Waals surface area contributed by atoms with Gasteiger partial charge in [-0.3, -0.25) is 9.89 Å². The minimum absolute atomic E-state index is 0.00323. The maximum absolute atomic E-state index is 12.6. The van der Waals surface area contributed by atoms with E-state index in [1.54, 1.807) is 0 Å². The highest BCUT2D eigenvalue weighted by atomic mass is 16.5. The lowest BCUT2D eigenvalue weighted by atomic mass is 9.85. The summed E-state index contributed by atoms with van der Waals surface area (Å²) in [6.45, 7) is 6.07. The van der Waals surface area contributed by atoms with E-state index in [9.17, 15) is 4.79 Å². The van der Waals surface area contributed by atoms with E-state index < -0.39 is 0 Å². The summed E-state index contributed by atoms with van der Waals surface area (Å²) in [5.41, 5.74) is -0.272. The van der Waals surface area contributed by atoms with E-state index in [1.165, 1.54) is 6.33 Å². The van der Waals surface area contributed by atoms with Crippen molar-refractivity contribution in [2.75, 3.05) is 0 Å². The second kappa shape index (κ2) is 6.54. The molecule has 0 aromatic carbocycles. The summed E-state index contributed by atoms with van der Waals surface area (Å²) in [4.78, 5) is 21.0. The number of nitrogens with one attached hydrogen (secondary N) is 2. The molecule has 0 spiro atoms. The molecule has 0 aliphatic heterocycles. The Bertz CT molecular complexity index is 713. The lowest BCUT2D eigenvalue weighted by Crippen LogP contribution is -2.40. The lowest BCUT2D eigenvalue weighted by Gasteiger charge is -2.30. The van der Waals surface area contributed by atoms with Crippen LogP contribution in [0.5, 0.6) is 0 Å². The van der Waals surface area contributed by atoms with Crippen LogP contribution in [-0.4, -0.2) is 31.2 Å². The number of aromatic amines is 1. The monoisotopic (exact) mass is 330 g/mol. The van der Waals surface area contributed by atoms with Crippen LogP contribution < -0.4 is 5.32 Å². The minimum Gasteiger partial charge on any atom is -0.344 e. The van der Waals surface area contributed by atoms with Gasteiger partial charge in [-0.15, -0.1) is 0 Å². The predicted molar refractivity (Wildman–Crippen MR) is 86.5 cm³/mol. The number of hydrogen-bond donors (Lipinski definition) is 2. The molecule has 0 radical (unpaired) electrons. The van der Waals surface area contributed by atoms with Crippen molar-refractivity contribution >= 4 is 5.91 Å². The number of H-pyrrole nitrogens is 1. The molecule has 1 aliphatic carbocycles. The van der Waals surface area contributed by atoms with Gasteiger partial charge in [-0.25, -0.2) is 4.98 Å². The smallest absolute Gasteiger partial charge is 0.250 e. The Kier molecular flexibility index (Phi) is 4.46. The molecule has 0 saturated carbocycles. The number of rotatable bonds is 4. The van der Waals surface area contributed by atoms with E-state index in [0.717, 1.165) is 19.3 Å². The van der Waals surface area contributed by atoms with Crippen LogP contribution in [0.4, 0.5) is 0 Å². The van der Waals surface area contributed by atoms with Crippen molar-refractivity contribution in [3.63, 3.8) is 0 Å². The third-order valence-electron chi connectivity index (χ3n) is 4.11. The number of allylic oxidation sites excluding steroid dienone is 2. The number of aromatic nitrogens is 5. The zero-order valence-electron chi connectivity index (χ0n) is 14.1. The van der Waals surface area contributed by atoms with Crippen LogP contribution in [0.15, 0.2) is 23.0 Å². The van der Waals surface area contributed by atoms with Crippen LogP contribution in [0.25, 0.3) is 11.6 Å². The number of carbonyl (C=O) groups is 1. The standard InChI is InChI=1S/C16H22N6O2/c1-16(2,3)11(19-14(23)10-7-5-4-6-8-10)15-20-13(22-24-15)12-17-9-18-21-12/h4-5,9-11H,6-8H2,1-3H3,(H,19,23)(H,17,18,21). The van der Waals surface area contributed by atoms with Gasteiger partial charge >= 0.3 is 0 Å². The number of nitrogens with zero attached hydrogens (tertiary/aromatic N) is 4. The predicted octanol–water partition coefficient (Wildman–Crippen LogP) is 2.41. The molecule has 0 saturated heterocycles. The molecule has 2 aromatic rings. The molecule has 2 aromatic heterocycles. The maximum Gasteiger partial charge on any atom is 0.250 e. The quantitative estimate of drug-likeness (QED) is 0.833. The third-order valence-corrected chi connectivity index (χ3v) is 4.11. The average molecular weight is 330 g/mol. The second-order valence-corrected chi connectivity index (χ2v) is 7.08. The summed E-state index contributed by atoms with van der Waals surface area (Å²) in [5.74, 6) is 1.15. The van der Waals surface area contributed by atoms with Gasteiger partial charge in [0.15, 0.2) is 5.82 Å². The van der Waals surface area contributed by atoms with E-state index >= 15 is 0 Å². The summed E-state index contributed by atoms with van der Waals surface area (Å²) in [7, 11) is 0. The van der Waals surface area contributed by atoms with Crippen LogP contribution >= 0.6 is 0 Å². The molecule has 2 heterocycles. The van der Waals surface area contributed by atoms with E-state index in [2.05, 4.69) is 42.8 Å². The van der Waals surface area contributed by atoms with Gasteiger partial charge in [-0.2, -0.15) is 10.1 Å². The fraction of sp³-hybridized carbons (Fsp3) is 0.562. The maximum atomic E-state index is 12.6. The molecule has 24 heavy (non-hydrogen) atoms. The second-order valence-electron chi connectivity index (χ2n) is 7.08. The van der Waals surface area contributed by atoms with Crippen LogP contribution in [0, 0.1) is 11.3 Å². The van der Waals surface area contributed by atoms with Crippen molar-refractivity contribution in [3.8, 4) is 11.6 Å². The number of hydrogen-bond acceptors (Lipinski definition) is 6. The van der Waals surface area contributed by atoms with Crippen molar-refractivity contribution in [2.45, 2.75) is 46.1 Å². The highest BCUT2D eigenvalue weighted by Crippen LogP contribution is 2.33. The van der Waals surface area contributed by atoms with Crippen molar-refractivity contribution < 1.29 is 9.32 Å². The fourth-order valence-corrected chi connectivity index (χ4v) is 2.70. The van der Waals surface area contributed by atoms with E-state index in [1.807, 2.05) is 20.8 Å². The Labute approximate surface area is 140 Å². The molecular weight excluding hydrogens is 308 g/mol. The largest absolute Gasteiger partial charge is 0.344 e. The normalized spacial score (nSPS) is 19.2. The minimum atomic E-state index is -0.375. The number of amides is 1. The van der Waals surface area contributed by atoms with Gasteiger partial charge in [0.2, 0.25) is 17.6 Å². The van der Waals surface area contributed by atoms with Gasteiger partial charge in [0.25, 0.3) is 0 Å². The van der Waals surface area contributed by atoms with Crippen LogP contribution in [0.2, 0.25) is 0 Å². The topological polar surface area (TPSA) is 110 Å². The summed E-state index contributed by atoms with van der Waals surface area (Å²) >= 11 is 0. The van der Waals surface area contributed by atoms with Crippen molar-refractivity contribution in [1.82, 2.24) is 30.6 Å². The summed E-state index contributed by atoms with van der Waals surface area (Å²) < 4.78 is 5.39. The first-order chi connectivity index (χ1) is 11.4. The molecule has 2 N–H and O–H groups in total. The first kappa shape index (κ1) is 16.4. The Morgan fingerprint density at radius 2 is 2.25 bits per heavy atom. The van der Waals surface area contributed by atoms with E-state index in [4.69, 9.17) is 4.52 Å². The van der Waals surface area contributed by atoms with Gasteiger partial charge in [0, 0.05) is 5.92 Å². The van der Waals surface area contributed by atoms with Gasteiger partial charge < -0.3 is 9.84 Å². The lowest BCUT2D eigenvalue weighted by molar-refractivity contribution is -0.127. The molecule has 1 amide bonds. The molecular formula is C16H22N6O2. The molecule has 0 bridgehead atoms. The Balaban J connectivity index is 1.79. The first-order valence-corrected chi connectivity index (χ1v) is 8.10. The van der Waals surface area contributed by atoms with Crippen molar-refractivity contribution in [3.05, 3.63) is 24.4 Å². The van der Waals surface area contributed by atoms with Gasteiger partial charge in [0.1, 0.15) is 12.4 Å². The highest BCUT2D eigenvalue weighted by molar-refractivity contribution is 5.79. The zero-order chi connectivity index (χ0) is 17.2. The van der Waals surface area contributed by atoms with Gasteiger partial charge in [-0.05, 0) is 24.7 Å². The van der Waals surface area contributed by atoms with Crippen molar-refractivity contribution in [2.24, 2.45) is 11.3 Å². The third kappa shape index (κ3) is 3.52. The molecule has 128 valence electrons. The van der Waals surface area contributed by atoms with E-state index in [0.29, 0.717) is 17.5 Å². The van der Waals surface area contributed by atoms with E-state index in [-0.39, 0.29) is 23.3 Å². The average Bonchev–Trinajstić information content (AvgIpc) is 3.23. The molecule has 8 nitrogen and oxygen atoms in total.